The van der Waals surface area contributed by atoms with Crippen LogP contribution in [0.3, 0.4) is 0 Å². The summed E-state index contributed by atoms with van der Waals surface area (Å²) in [4.78, 5) is 38.4. The molecule has 2 rings (SSSR count). The third kappa shape index (κ3) is 3.76. The van der Waals surface area contributed by atoms with Gasteiger partial charge in [-0.2, -0.15) is 14.7 Å². The van der Waals surface area contributed by atoms with Crippen LogP contribution in [0.15, 0.2) is 48.5 Å². The summed E-state index contributed by atoms with van der Waals surface area (Å²) in [5.74, 6) is 0.837. The minimum absolute atomic E-state index is 0.0442. The fourth-order valence-corrected chi connectivity index (χ4v) is 2.12. The Labute approximate surface area is 120 Å². The number of halogens is 1. The number of benzene rings is 2. The fourth-order valence-electron chi connectivity index (χ4n) is 1.50. The van der Waals surface area contributed by atoms with Crippen molar-refractivity contribution in [3.05, 3.63) is 59.1 Å². The Morgan fingerprint density at radius 2 is 1.65 bits per heavy atom. The lowest BCUT2D eigenvalue weighted by atomic mass is 10.2. The van der Waals surface area contributed by atoms with Crippen LogP contribution < -0.4 is 4.74 Å². The molecule has 0 unspecified atom stereocenters. The third-order valence-electron chi connectivity index (χ3n) is 2.40. The highest BCUT2D eigenvalue weighted by Crippen LogP contribution is 2.48. The molecule has 0 saturated heterocycles. The largest absolute Gasteiger partial charge is 0.483 e. The second kappa shape index (κ2) is 5.87. The van der Waals surface area contributed by atoms with Crippen molar-refractivity contribution in [2.24, 2.45) is 0 Å². The van der Waals surface area contributed by atoms with Crippen molar-refractivity contribution < 1.29 is 24.2 Å². The lowest BCUT2D eigenvalue weighted by Crippen LogP contribution is -2.05. The highest BCUT2D eigenvalue weighted by atomic mass is 35.5. The molecule has 0 aromatic heterocycles. The smallest absolute Gasteiger partial charge is 0.457 e. The Hall–Kier alpha value is -1.49. The SMILES string of the molecule is O=C(c1cccc(Oc2ccc(Cl)cc2)c1)[P+](O)(O)O. The van der Waals surface area contributed by atoms with Crippen LogP contribution in [-0.2, 0) is 0 Å². The molecule has 104 valence electrons. The third-order valence-corrected chi connectivity index (χ3v) is 3.46. The van der Waals surface area contributed by atoms with Crippen molar-refractivity contribution in [1.29, 1.82) is 0 Å². The van der Waals surface area contributed by atoms with E-state index in [1.54, 1.807) is 30.3 Å². The summed E-state index contributed by atoms with van der Waals surface area (Å²) in [6, 6.07) is 12.4. The Kier molecular flexibility index (Phi) is 4.38. The molecule has 0 spiro atoms. The van der Waals surface area contributed by atoms with Gasteiger partial charge < -0.3 is 4.74 Å². The number of carbonyl (C=O) groups excluding carboxylic acids is 1. The minimum Gasteiger partial charge on any atom is -0.457 e. The normalized spacial score (nSPS) is 11.2. The van der Waals surface area contributed by atoms with Crippen LogP contribution in [0.25, 0.3) is 0 Å². The Balaban J connectivity index is 2.22. The molecular formula is C13H11ClO5P+. The molecule has 0 radical (unpaired) electrons. The second-order valence-corrected chi connectivity index (χ2v) is 5.94. The number of carbonyl (C=O) groups is 1. The molecule has 2 aromatic rings. The van der Waals surface area contributed by atoms with E-state index in [1.165, 1.54) is 18.2 Å². The predicted molar refractivity (Wildman–Crippen MR) is 75.9 cm³/mol. The van der Waals surface area contributed by atoms with Crippen molar-refractivity contribution in [2.75, 3.05) is 0 Å². The van der Waals surface area contributed by atoms with Crippen molar-refractivity contribution in [1.82, 2.24) is 0 Å². The summed E-state index contributed by atoms with van der Waals surface area (Å²) in [6.07, 6.45) is 0. The van der Waals surface area contributed by atoms with E-state index < -0.39 is 13.5 Å². The van der Waals surface area contributed by atoms with Gasteiger partial charge in [-0.15, -0.1) is 0 Å². The van der Waals surface area contributed by atoms with Crippen LogP contribution in [-0.4, -0.2) is 20.2 Å². The first-order chi connectivity index (χ1) is 9.36. The summed E-state index contributed by atoms with van der Waals surface area (Å²) >= 11 is 5.75. The van der Waals surface area contributed by atoms with E-state index in [0.717, 1.165) is 0 Å². The van der Waals surface area contributed by atoms with Gasteiger partial charge in [0.15, 0.2) is 0 Å². The molecule has 0 saturated carbocycles. The Bertz CT molecular complexity index is 621. The molecule has 2 aromatic carbocycles. The molecule has 0 fully saturated rings. The van der Waals surface area contributed by atoms with Crippen LogP contribution in [0, 0.1) is 0 Å². The zero-order valence-electron chi connectivity index (χ0n) is 10.1. The zero-order valence-corrected chi connectivity index (χ0v) is 11.8. The highest BCUT2D eigenvalue weighted by molar-refractivity contribution is 7.76. The second-order valence-electron chi connectivity index (χ2n) is 3.96. The van der Waals surface area contributed by atoms with Gasteiger partial charge in [0.05, 0.1) is 5.56 Å². The summed E-state index contributed by atoms with van der Waals surface area (Å²) in [6.45, 7) is 0. The van der Waals surface area contributed by atoms with Gasteiger partial charge in [0, 0.05) is 5.02 Å². The lowest BCUT2D eigenvalue weighted by molar-refractivity contribution is 0.102. The maximum Gasteiger partial charge on any atom is 0.483 e. The van der Waals surface area contributed by atoms with Crippen molar-refractivity contribution in [3.8, 4) is 11.5 Å². The summed E-state index contributed by atoms with van der Waals surface area (Å²) < 4.78 is 5.49. The lowest BCUT2D eigenvalue weighted by Gasteiger charge is -2.07. The molecule has 0 amide bonds. The fraction of sp³-hybridized carbons (Fsp3) is 0. The molecule has 0 aliphatic heterocycles. The van der Waals surface area contributed by atoms with Crippen molar-refractivity contribution in [3.63, 3.8) is 0 Å². The predicted octanol–water partition coefficient (Wildman–Crippen LogP) is 3.01. The molecule has 5 nitrogen and oxygen atoms in total. The standard InChI is InChI=1S/C13H11ClO5P/c14-10-4-6-11(7-5-10)19-12-3-1-2-9(8-12)13(15)20(16,17)18/h1-8,16-18H/q+1. The van der Waals surface area contributed by atoms with E-state index in [4.69, 9.17) is 31.0 Å². The van der Waals surface area contributed by atoms with Crippen LogP contribution in [0.2, 0.25) is 5.02 Å². The maximum absolute atomic E-state index is 11.5. The van der Waals surface area contributed by atoms with E-state index in [9.17, 15) is 4.79 Å². The number of ether oxygens (including phenoxy) is 1. The molecule has 0 heterocycles. The molecule has 0 atom stereocenters. The topological polar surface area (TPSA) is 87.0 Å². The van der Waals surface area contributed by atoms with Crippen LogP contribution in [0.1, 0.15) is 10.4 Å². The van der Waals surface area contributed by atoms with Gasteiger partial charge in [0.2, 0.25) is 0 Å². The van der Waals surface area contributed by atoms with Crippen molar-refractivity contribution in [2.45, 2.75) is 0 Å². The molecule has 20 heavy (non-hydrogen) atoms. The molecule has 0 aliphatic rings. The Morgan fingerprint density at radius 1 is 1.00 bits per heavy atom. The zero-order chi connectivity index (χ0) is 14.8. The average Bonchev–Trinajstić information content (AvgIpc) is 2.40. The number of hydrogen-bond acceptors (Lipinski definition) is 5. The van der Waals surface area contributed by atoms with Gasteiger partial charge >= 0.3 is 13.5 Å². The molecule has 7 heteroatoms. The quantitative estimate of drug-likeness (QED) is 0.755. The Morgan fingerprint density at radius 3 is 2.25 bits per heavy atom. The van der Waals surface area contributed by atoms with Crippen LogP contribution in [0.5, 0.6) is 11.5 Å². The average molecular weight is 314 g/mol. The molecule has 0 aliphatic carbocycles. The first-order valence-electron chi connectivity index (χ1n) is 5.52. The van der Waals surface area contributed by atoms with Gasteiger partial charge in [-0.1, -0.05) is 17.7 Å². The van der Waals surface area contributed by atoms with Crippen molar-refractivity contribution >= 4 is 25.1 Å². The van der Waals surface area contributed by atoms with E-state index in [0.29, 0.717) is 16.5 Å². The summed E-state index contributed by atoms with van der Waals surface area (Å²) in [5.41, 5.74) is -1.17. The number of hydrogen-bond donors (Lipinski definition) is 3. The molecule has 0 bridgehead atoms. The summed E-state index contributed by atoms with van der Waals surface area (Å²) in [7, 11) is -4.55. The van der Waals surface area contributed by atoms with E-state index in [1.807, 2.05) is 0 Å². The van der Waals surface area contributed by atoms with E-state index in [2.05, 4.69) is 0 Å². The van der Waals surface area contributed by atoms with Gasteiger partial charge in [-0.3, -0.25) is 0 Å². The van der Waals surface area contributed by atoms with Gasteiger partial charge in [-0.05, 0) is 42.5 Å². The monoisotopic (exact) mass is 313 g/mol. The van der Waals surface area contributed by atoms with Gasteiger partial charge in [0.25, 0.3) is 0 Å². The van der Waals surface area contributed by atoms with Crippen LogP contribution >= 0.6 is 19.5 Å². The van der Waals surface area contributed by atoms with Gasteiger partial charge in [0.1, 0.15) is 11.5 Å². The highest BCUT2D eigenvalue weighted by Gasteiger charge is 2.43. The maximum atomic E-state index is 11.5. The number of rotatable bonds is 4. The first-order valence-corrected chi connectivity index (χ1v) is 7.54. The van der Waals surface area contributed by atoms with Crippen LogP contribution in [0.4, 0.5) is 0 Å². The minimum atomic E-state index is -4.55. The van der Waals surface area contributed by atoms with E-state index in [-0.39, 0.29) is 5.56 Å². The summed E-state index contributed by atoms with van der Waals surface area (Å²) in [5, 5.41) is 0.566. The van der Waals surface area contributed by atoms with E-state index >= 15 is 0 Å². The molecular weight excluding hydrogens is 303 g/mol. The first kappa shape index (κ1) is 14.9. The van der Waals surface area contributed by atoms with Gasteiger partial charge in [-0.25, -0.2) is 4.79 Å². The molecule has 3 N–H and O–H groups in total.